The molecule has 4 heteroatoms. The summed E-state index contributed by atoms with van der Waals surface area (Å²) in [6.45, 7) is 4.67. The van der Waals surface area contributed by atoms with E-state index in [0.29, 0.717) is 6.54 Å². The third kappa shape index (κ3) is 2.97. The summed E-state index contributed by atoms with van der Waals surface area (Å²) in [4.78, 5) is 4.18. The van der Waals surface area contributed by atoms with Crippen molar-refractivity contribution in [2.75, 3.05) is 11.9 Å². The summed E-state index contributed by atoms with van der Waals surface area (Å²) in [6, 6.07) is 2.32. The number of aromatic nitrogens is 1. The zero-order valence-corrected chi connectivity index (χ0v) is 9.43. The first-order valence-electron chi connectivity index (χ1n) is 4.22. The van der Waals surface area contributed by atoms with E-state index in [1.54, 1.807) is 6.20 Å². The summed E-state index contributed by atoms with van der Waals surface area (Å²) in [7, 11) is 0. The fourth-order valence-corrected chi connectivity index (χ4v) is 1.20. The predicted octanol–water partition coefficient (Wildman–Crippen LogP) is 1.91. The van der Waals surface area contributed by atoms with Gasteiger partial charge in [-0.15, -0.1) is 0 Å². The van der Waals surface area contributed by atoms with Crippen molar-refractivity contribution in [3.8, 4) is 0 Å². The summed E-state index contributed by atoms with van der Waals surface area (Å²) >= 11 is 3.35. The Morgan fingerprint density at radius 3 is 2.92 bits per heavy atom. The number of pyridine rings is 1. The van der Waals surface area contributed by atoms with Crippen molar-refractivity contribution in [2.45, 2.75) is 19.9 Å². The van der Waals surface area contributed by atoms with E-state index >= 15 is 0 Å². The van der Waals surface area contributed by atoms with E-state index in [4.69, 9.17) is 5.73 Å². The molecule has 1 aromatic heterocycles. The molecule has 1 aromatic rings. The Balaban J connectivity index is 2.73. The molecule has 0 aliphatic rings. The third-order valence-corrected chi connectivity index (χ3v) is 2.61. The Morgan fingerprint density at radius 1 is 1.69 bits per heavy atom. The number of aryl methyl sites for hydroxylation is 1. The van der Waals surface area contributed by atoms with Crippen LogP contribution in [0.15, 0.2) is 16.9 Å². The zero-order valence-electron chi connectivity index (χ0n) is 7.84. The number of nitrogens with two attached hydrogens (primary N) is 1. The highest BCUT2D eigenvalue weighted by Gasteiger charge is 2.01. The van der Waals surface area contributed by atoms with Gasteiger partial charge in [0.1, 0.15) is 4.60 Å². The van der Waals surface area contributed by atoms with Gasteiger partial charge in [-0.2, -0.15) is 0 Å². The smallest absolute Gasteiger partial charge is 0.109 e. The fraction of sp³-hybridized carbons (Fsp3) is 0.444. The van der Waals surface area contributed by atoms with Crippen molar-refractivity contribution < 1.29 is 0 Å². The van der Waals surface area contributed by atoms with Crippen molar-refractivity contribution in [3.63, 3.8) is 0 Å². The normalized spacial score (nSPS) is 12.6. The Bertz CT molecular complexity index is 288. The van der Waals surface area contributed by atoms with E-state index in [9.17, 15) is 0 Å². The molecular formula is C9H14BrN3. The first-order chi connectivity index (χ1) is 6.13. The number of halogens is 1. The number of hydrogen-bond donors (Lipinski definition) is 2. The lowest BCUT2D eigenvalue weighted by Gasteiger charge is -2.12. The van der Waals surface area contributed by atoms with Crippen LogP contribution in [-0.4, -0.2) is 17.6 Å². The van der Waals surface area contributed by atoms with Crippen LogP contribution in [0.2, 0.25) is 0 Å². The molecular weight excluding hydrogens is 230 g/mol. The molecule has 0 amide bonds. The zero-order chi connectivity index (χ0) is 9.84. The lowest BCUT2D eigenvalue weighted by Crippen LogP contribution is -2.25. The lowest BCUT2D eigenvalue weighted by atomic mass is 10.2. The quantitative estimate of drug-likeness (QED) is 0.798. The fourth-order valence-electron chi connectivity index (χ4n) is 0.980. The number of rotatable bonds is 3. The Morgan fingerprint density at radius 2 is 2.38 bits per heavy atom. The summed E-state index contributed by atoms with van der Waals surface area (Å²) in [5.41, 5.74) is 7.63. The maximum atomic E-state index is 5.50. The highest BCUT2D eigenvalue weighted by atomic mass is 79.9. The number of hydrogen-bond acceptors (Lipinski definition) is 3. The highest BCUT2D eigenvalue weighted by molar-refractivity contribution is 9.10. The van der Waals surface area contributed by atoms with Gasteiger partial charge in [-0.3, -0.25) is 0 Å². The predicted molar refractivity (Wildman–Crippen MR) is 58.8 cm³/mol. The molecule has 72 valence electrons. The van der Waals surface area contributed by atoms with E-state index in [2.05, 4.69) is 26.2 Å². The Kier molecular flexibility index (Phi) is 3.69. The maximum absolute atomic E-state index is 5.50. The Labute approximate surface area is 86.9 Å². The van der Waals surface area contributed by atoms with Gasteiger partial charge < -0.3 is 11.1 Å². The maximum Gasteiger partial charge on any atom is 0.109 e. The first kappa shape index (κ1) is 10.5. The van der Waals surface area contributed by atoms with Crippen LogP contribution in [0, 0.1) is 6.92 Å². The second-order valence-corrected chi connectivity index (χ2v) is 3.86. The summed E-state index contributed by atoms with van der Waals surface area (Å²) in [5.74, 6) is 0. The van der Waals surface area contributed by atoms with Crippen LogP contribution in [0.3, 0.4) is 0 Å². The van der Waals surface area contributed by atoms with Crippen molar-refractivity contribution >= 4 is 21.6 Å². The minimum Gasteiger partial charge on any atom is -0.380 e. The van der Waals surface area contributed by atoms with Gasteiger partial charge in [0.15, 0.2) is 0 Å². The average Bonchev–Trinajstić information content (AvgIpc) is 2.11. The van der Waals surface area contributed by atoms with E-state index < -0.39 is 0 Å². The summed E-state index contributed by atoms with van der Waals surface area (Å²) in [5, 5.41) is 3.25. The second-order valence-electron chi connectivity index (χ2n) is 3.11. The molecule has 0 aliphatic carbocycles. The average molecular weight is 244 g/mol. The second kappa shape index (κ2) is 4.58. The van der Waals surface area contributed by atoms with Gasteiger partial charge in [0.05, 0.1) is 11.9 Å². The van der Waals surface area contributed by atoms with Crippen LogP contribution < -0.4 is 11.1 Å². The molecule has 1 rings (SSSR count). The van der Waals surface area contributed by atoms with E-state index in [1.807, 2.05) is 19.9 Å². The first-order valence-corrected chi connectivity index (χ1v) is 5.01. The summed E-state index contributed by atoms with van der Waals surface area (Å²) < 4.78 is 0.887. The number of anilines is 1. The molecule has 1 heterocycles. The van der Waals surface area contributed by atoms with Crippen LogP contribution in [0.5, 0.6) is 0 Å². The van der Waals surface area contributed by atoms with Crippen molar-refractivity contribution in [1.29, 1.82) is 0 Å². The van der Waals surface area contributed by atoms with Gasteiger partial charge in [-0.05, 0) is 41.4 Å². The van der Waals surface area contributed by atoms with Crippen LogP contribution in [-0.2, 0) is 0 Å². The molecule has 13 heavy (non-hydrogen) atoms. The standard InChI is InChI=1S/C9H14BrN3/c1-6-3-8(5-12-9(6)10)13-7(2)4-11/h3,5,7,13H,4,11H2,1-2H3. The van der Waals surface area contributed by atoms with E-state index in [0.717, 1.165) is 15.9 Å². The number of nitrogens with one attached hydrogen (secondary N) is 1. The van der Waals surface area contributed by atoms with Gasteiger partial charge in [0.2, 0.25) is 0 Å². The molecule has 0 aliphatic heterocycles. The molecule has 0 bridgehead atoms. The molecule has 1 unspecified atom stereocenters. The third-order valence-electron chi connectivity index (χ3n) is 1.78. The Hall–Kier alpha value is -0.610. The van der Waals surface area contributed by atoms with Gasteiger partial charge in [0, 0.05) is 12.6 Å². The van der Waals surface area contributed by atoms with E-state index in [1.165, 1.54) is 0 Å². The topological polar surface area (TPSA) is 50.9 Å². The number of nitrogens with zero attached hydrogens (tertiary/aromatic N) is 1. The van der Waals surface area contributed by atoms with Crippen molar-refractivity contribution in [2.24, 2.45) is 5.73 Å². The minimum atomic E-state index is 0.280. The molecule has 0 saturated heterocycles. The molecule has 3 nitrogen and oxygen atoms in total. The molecule has 0 spiro atoms. The minimum absolute atomic E-state index is 0.280. The van der Waals surface area contributed by atoms with Crippen LogP contribution in [0.25, 0.3) is 0 Å². The lowest BCUT2D eigenvalue weighted by molar-refractivity contribution is 0.802. The van der Waals surface area contributed by atoms with Crippen molar-refractivity contribution in [1.82, 2.24) is 4.98 Å². The monoisotopic (exact) mass is 243 g/mol. The van der Waals surface area contributed by atoms with E-state index in [-0.39, 0.29) is 6.04 Å². The summed E-state index contributed by atoms with van der Waals surface area (Å²) in [6.07, 6.45) is 1.79. The molecule has 0 fully saturated rings. The molecule has 0 saturated carbocycles. The molecule has 1 atom stereocenters. The molecule has 3 N–H and O–H groups in total. The van der Waals surface area contributed by atoms with Crippen molar-refractivity contribution in [3.05, 3.63) is 22.4 Å². The van der Waals surface area contributed by atoms with Crippen LogP contribution in [0.1, 0.15) is 12.5 Å². The van der Waals surface area contributed by atoms with Gasteiger partial charge in [-0.25, -0.2) is 4.98 Å². The molecule has 0 radical (unpaired) electrons. The molecule has 0 aromatic carbocycles. The SMILES string of the molecule is Cc1cc(NC(C)CN)cnc1Br. The van der Waals surface area contributed by atoms with Gasteiger partial charge >= 0.3 is 0 Å². The largest absolute Gasteiger partial charge is 0.380 e. The van der Waals surface area contributed by atoms with Gasteiger partial charge in [-0.1, -0.05) is 0 Å². The van der Waals surface area contributed by atoms with Crippen LogP contribution in [0.4, 0.5) is 5.69 Å². The van der Waals surface area contributed by atoms with Gasteiger partial charge in [0.25, 0.3) is 0 Å². The highest BCUT2D eigenvalue weighted by Crippen LogP contribution is 2.16. The van der Waals surface area contributed by atoms with Crippen LogP contribution >= 0.6 is 15.9 Å².